The first kappa shape index (κ1) is 15.4. The van der Waals surface area contributed by atoms with Crippen LogP contribution in [0.15, 0.2) is 42.5 Å². The van der Waals surface area contributed by atoms with Gasteiger partial charge in [0.2, 0.25) is 0 Å². The molecule has 21 heavy (non-hydrogen) atoms. The summed E-state index contributed by atoms with van der Waals surface area (Å²) in [4.78, 5) is 22.4. The summed E-state index contributed by atoms with van der Waals surface area (Å²) in [5.74, 6) is 0.0868. The van der Waals surface area contributed by atoms with Crippen LogP contribution in [-0.2, 0) is 4.79 Å². The second kappa shape index (κ2) is 7.11. The van der Waals surface area contributed by atoms with Gasteiger partial charge in [0.1, 0.15) is 12.0 Å². The highest BCUT2D eigenvalue weighted by atomic mass is 35.5. The van der Waals surface area contributed by atoms with Crippen molar-refractivity contribution in [2.75, 3.05) is 11.9 Å². The molecule has 1 amide bonds. The molecule has 0 spiro atoms. The van der Waals surface area contributed by atoms with E-state index >= 15 is 0 Å². The van der Waals surface area contributed by atoms with E-state index in [9.17, 15) is 9.59 Å². The first-order valence-corrected chi connectivity index (χ1v) is 6.76. The van der Waals surface area contributed by atoms with Crippen molar-refractivity contribution in [1.82, 2.24) is 0 Å². The summed E-state index contributed by atoms with van der Waals surface area (Å²) < 4.78 is 5.31. The van der Waals surface area contributed by atoms with Crippen molar-refractivity contribution in [1.29, 1.82) is 0 Å². The summed E-state index contributed by atoms with van der Waals surface area (Å²) in [6.07, 6.45) is 0.709. The number of carbonyl (C=O) groups excluding carboxylic acids is 2. The molecular weight excluding hydrogens is 313 g/mol. The number of carbonyl (C=O) groups is 2. The number of ether oxygens (including phenoxy) is 1. The van der Waals surface area contributed by atoms with Crippen LogP contribution in [0.1, 0.15) is 10.4 Å². The predicted molar refractivity (Wildman–Crippen MR) is 82.4 cm³/mol. The average Bonchev–Trinajstić information content (AvgIpc) is 2.44. The van der Waals surface area contributed by atoms with Crippen molar-refractivity contribution in [2.45, 2.75) is 0 Å². The van der Waals surface area contributed by atoms with Crippen LogP contribution in [0.4, 0.5) is 5.69 Å². The van der Waals surface area contributed by atoms with Gasteiger partial charge in [-0.3, -0.25) is 9.59 Å². The normalized spacial score (nSPS) is 10.0. The topological polar surface area (TPSA) is 55.4 Å². The van der Waals surface area contributed by atoms with Crippen molar-refractivity contribution >= 4 is 41.1 Å². The predicted octanol–water partition coefficient (Wildman–Crippen LogP) is 3.82. The second-order valence-corrected chi connectivity index (χ2v) is 5.06. The van der Waals surface area contributed by atoms with Gasteiger partial charge in [-0.05, 0) is 30.3 Å². The van der Waals surface area contributed by atoms with Gasteiger partial charge in [0.25, 0.3) is 5.91 Å². The molecule has 0 radical (unpaired) electrons. The molecule has 0 aliphatic rings. The fraction of sp³-hybridized carbons (Fsp3) is 0.0667. The van der Waals surface area contributed by atoms with E-state index in [2.05, 4.69) is 5.32 Å². The number of amides is 1. The molecular formula is C15H11Cl2NO3. The number of rotatable bonds is 5. The van der Waals surface area contributed by atoms with Crippen LogP contribution in [0, 0.1) is 0 Å². The Morgan fingerprint density at radius 2 is 1.86 bits per heavy atom. The van der Waals surface area contributed by atoms with Crippen molar-refractivity contribution in [3.63, 3.8) is 0 Å². The number of anilines is 1. The summed E-state index contributed by atoms with van der Waals surface area (Å²) in [5, 5.41) is 3.48. The minimum absolute atomic E-state index is 0.188. The zero-order valence-electron chi connectivity index (χ0n) is 10.8. The Morgan fingerprint density at radius 3 is 2.52 bits per heavy atom. The van der Waals surface area contributed by atoms with Crippen LogP contribution in [-0.4, -0.2) is 18.8 Å². The zero-order chi connectivity index (χ0) is 15.2. The van der Waals surface area contributed by atoms with E-state index in [1.807, 2.05) is 0 Å². The molecule has 0 heterocycles. The number of hydrogen-bond donors (Lipinski definition) is 1. The lowest BCUT2D eigenvalue weighted by Gasteiger charge is -2.08. The van der Waals surface area contributed by atoms with Crippen LogP contribution < -0.4 is 10.1 Å². The Morgan fingerprint density at radius 1 is 1.14 bits per heavy atom. The fourth-order valence-electron chi connectivity index (χ4n) is 1.65. The summed E-state index contributed by atoms with van der Waals surface area (Å²) >= 11 is 11.7. The molecule has 0 unspecified atom stereocenters. The first-order valence-electron chi connectivity index (χ1n) is 6.01. The summed E-state index contributed by atoms with van der Waals surface area (Å²) in [6.45, 7) is -0.188. The Hall–Kier alpha value is -2.04. The largest absolute Gasteiger partial charge is 0.484 e. The monoisotopic (exact) mass is 323 g/mol. The lowest BCUT2D eigenvalue weighted by atomic mass is 10.2. The fourth-order valence-corrected chi connectivity index (χ4v) is 2.18. The molecule has 0 fully saturated rings. The molecule has 0 aliphatic carbocycles. The van der Waals surface area contributed by atoms with Crippen LogP contribution >= 0.6 is 23.2 Å². The number of benzene rings is 2. The van der Waals surface area contributed by atoms with E-state index in [0.717, 1.165) is 0 Å². The molecule has 0 saturated heterocycles. The molecule has 2 aromatic rings. The first-order chi connectivity index (χ1) is 10.1. The zero-order valence-corrected chi connectivity index (χ0v) is 12.3. The number of nitrogens with one attached hydrogen (secondary N) is 1. The van der Waals surface area contributed by atoms with Crippen molar-refractivity contribution < 1.29 is 14.3 Å². The second-order valence-electron chi connectivity index (χ2n) is 4.19. The maximum absolute atomic E-state index is 11.8. The Kier molecular flexibility index (Phi) is 5.20. The van der Waals surface area contributed by atoms with Crippen molar-refractivity contribution in [3.8, 4) is 5.75 Å². The molecule has 0 saturated carbocycles. The van der Waals surface area contributed by atoms with Gasteiger partial charge < -0.3 is 10.1 Å². The molecule has 0 aromatic heterocycles. The van der Waals surface area contributed by atoms with Crippen LogP contribution in [0.5, 0.6) is 5.75 Å². The van der Waals surface area contributed by atoms with Gasteiger partial charge in [0, 0.05) is 21.3 Å². The summed E-state index contributed by atoms with van der Waals surface area (Å²) in [7, 11) is 0. The minimum Gasteiger partial charge on any atom is -0.484 e. The summed E-state index contributed by atoms with van der Waals surface area (Å²) in [6, 6.07) is 11.3. The van der Waals surface area contributed by atoms with E-state index in [-0.39, 0.29) is 12.5 Å². The molecule has 1 N–H and O–H groups in total. The van der Waals surface area contributed by atoms with Crippen LogP contribution in [0.2, 0.25) is 10.0 Å². The molecule has 0 atom stereocenters. The quantitative estimate of drug-likeness (QED) is 0.851. The molecule has 2 rings (SSSR count). The average molecular weight is 324 g/mol. The smallest absolute Gasteiger partial charge is 0.262 e. The van der Waals surface area contributed by atoms with Gasteiger partial charge >= 0.3 is 0 Å². The van der Waals surface area contributed by atoms with E-state index in [0.29, 0.717) is 33.3 Å². The summed E-state index contributed by atoms with van der Waals surface area (Å²) in [5.41, 5.74) is 0.970. The minimum atomic E-state index is -0.357. The van der Waals surface area contributed by atoms with Gasteiger partial charge in [-0.2, -0.15) is 0 Å². The van der Waals surface area contributed by atoms with Gasteiger partial charge in [-0.25, -0.2) is 0 Å². The third-order valence-electron chi connectivity index (χ3n) is 2.51. The molecule has 4 nitrogen and oxygen atoms in total. The Labute approximate surface area is 131 Å². The van der Waals surface area contributed by atoms with E-state index < -0.39 is 0 Å². The third kappa shape index (κ3) is 4.77. The van der Waals surface area contributed by atoms with Crippen LogP contribution in [0.25, 0.3) is 0 Å². The lowest BCUT2D eigenvalue weighted by Crippen LogP contribution is -2.20. The van der Waals surface area contributed by atoms with E-state index in [1.165, 1.54) is 0 Å². The maximum Gasteiger partial charge on any atom is 0.262 e. The van der Waals surface area contributed by atoms with Crippen molar-refractivity contribution in [3.05, 3.63) is 58.1 Å². The molecule has 108 valence electrons. The Balaban J connectivity index is 1.94. The van der Waals surface area contributed by atoms with E-state index in [4.69, 9.17) is 27.9 Å². The molecule has 0 bridgehead atoms. The highest BCUT2D eigenvalue weighted by Crippen LogP contribution is 2.22. The molecule has 2 aromatic carbocycles. The number of halogens is 2. The van der Waals surface area contributed by atoms with Crippen molar-refractivity contribution in [2.24, 2.45) is 0 Å². The SMILES string of the molecule is O=Cc1cccc(OCC(=O)Nc2cc(Cl)cc(Cl)c2)c1. The molecule has 6 heteroatoms. The van der Waals surface area contributed by atoms with Gasteiger partial charge in [0.15, 0.2) is 6.61 Å². The lowest BCUT2D eigenvalue weighted by molar-refractivity contribution is -0.118. The van der Waals surface area contributed by atoms with Gasteiger partial charge in [-0.15, -0.1) is 0 Å². The Bertz CT molecular complexity index is 653. The highest BCUT2D eigenvalue weighted by Gasteiger charge is 2.06. The standard InChI is InChI=1S/C15H11Cl2NO3/c16-11-5-12(17)7-13(6-11)18-15(20)9-21-14-3-1-2-10(4-14)8-19/h1-8H,9H2,(H,18,20). The van der Waals surface area contributed by atoms with Gasteiger partial charge in [0.05, 0.1) is 0 Å². The maximum atomic E-state index is 11.8. The number of hydrogen-bond acceptors (Lipinski definition) is 3. The van der Waals surface area contributed by atoms with E-state index in [1.54, 1.807) is 42.5 Å². The molecule has 0 aliphatic heterocycles. The third-order valence-corrected chi connectivity index (χ3v) is 2.95. The van der Waals surface area contributed by atoms with Crippen LogP contribution in [0.3, 0.4) is 0 Å². The highest BCUT2D eigenvalue weighted by molar-refractivity contribution is 6.35. The number of aldehydes is 1. The van der Waals surface area contributed by atoms with Gasteiger partial charge in [-0.1, -0.05) is 35.3 Å².